The van der Waals surface area contributed by atoms with Gasteiger partial charge in [0.15, 0.2) is 6.74 Å². The van der Waals surface area contributed by atoms with Gasteiger partial charge in [0.05, 0.1) is 0 Å². The van der Waals surface area contributed by atoms with Crippen molar-refractivity contribution in [3.63, 3.8) is 0 Å². The van der Waals surface area contributed by atoms with Crippen molar-refractivity contribution in [1.82, 2.24) is 4.81 Å². The van der Waals surface area contributed by atoms with E-state index >= 15 is 0 Å². The van der Waals surface area contributed by atoms with Crippen molar-refractivity contribution in [3.05, 3.63) is 71.8 Å². The molecule has 0 radical (unpaired) electrons. The Morgan fingerprint density at radius 1 is 1.00 bits per heavy atom. The predicted molar refractivity (Wildman–Crippen MR) is 97.0 cm³/mol. The SMILES string of the molecule is CBB1CC(c2ccccc2)(c2ccccc2)[C@H]2CCCN12. The van der Waals surface area contributed by atoms with E-state index in [0.717, 1.165) is 6.74 Å². The molecule has 110 valence electrons. The van der Waals surface area contributed by atoms with Gasteiger partial charge in [0.25, 0.3) is 0 Å². The van der Waals surface area contributed by atoms with Gasteiger partial charge in [-0.2, -0.15) is 0 Å². The van der Waals surface area contributed by atoms with E-state index in [2.05, 4.69) is 72.3 Å². The Kier molecular flexibility index (Phi) is 3.62. The maximum absolute atomic E-state index is 2.81. The molecule has 22 heavy (non-hydrogen) atoms. The highest BCUT2D eigenvalue weighted by Crippen LogP contribution is 2.51. The van der Waals surface area contributed by atoms with E-state index in [1.807, 2.05) is 0 Å². The first-order valence-electron chi connectivity index (χ1n) is 8.73. The molecule has 0 aliphatic carbocycles. The van der Waals surface area contributed by atoms with Crippen LogP contribution in [0, 0.1) is 0 Å². The molecule has 2 heterocycles. The van der Waals surface area contributed by atoms with Crippen LogP contribution in [0.1, 0.15) is 24.0 Å². The predicted octanol–water partition coefficient (Wildman–Crippen LogP) is 3.42. The van der Waals surface area contributed by atoms with E-state index in [1.54, 1.807) is 0 Å². The second-order valence-electron chi connectivity index (χ2n) is 6.87. The fourth-order valence-corrected chi connectivity index (χ4v) is 5.02. The molecule has 2 fully saturated rings. The zero-order chi connectivity index (χ0) is 15.0. The minimum atomic E-state index is 0.180. The fraction of sp³-hybridized carbons (Fsp3) is 0.368. The number of fused-ring (bicyclic) bond motifs is 1. The molecule has 3 heteroatoms. The summed E-state index contributed by atoms with van der Waals surface area (Å²) in [5, 5.41) is 0. The van der Waals surface area contributed by atoms with Gasteiger partial charge < -0.3 is 4.81 Å². The van der Waals surface area contributed by atoms with Gasteiger partial charge in [-0.05, 0) is 30.5 Å². The first-order valence-corrected chi connectivity index (χ1v) is 8.73. The molecule has 2 aliphatic rings. The number of nitrogens with zero attached hydrogens (tertiary/aromatic N) is 1. The van der Waals surface area contributed by atoms with Crippen molar-refractivity contribution < 1.29 is 0 Å². The van der Waals surface area contributed by atoms with Gasteiger partial charge in [-0.15, -0.1) is 0 Å². The van der Waals surface area contributed by atoms with Crippen LogP contribution in [0.25, 0.3) is 0 Å². The number of benzene rings is 2. The van der Waals surface area contributed by atoms with Gasteiger partial charge in [0.1, 0.15) is 7.17 Å². The third-order valence-corrected chi connectivity index (χ3v) is 5.94. The molecule has 0 spiro atoms. The molecule has 0 saturated carbocycles. The third-order valence-electron chi connectivity index (χ3n) is 5.94. The lowest BCUT2D eigenvalue weighted by atomic mass is 9.27. The van der Waals surface area contributed by atoms with Gasteiger partial charge in [-0.1, -0.05) is 73.8 Å². The highest BCUT2D eigenvalue weighted by Gasteiger charge is 2.55. The molecule has 0 aromatic heterocycles. The molecule has 0 N–H and O–H groups in total. The summed E-state index contributed by atoms with van der Waals surface area (Å²) < 4.78 is 0. The molecule has 2 saturated heterocycles. The van der Waals surface area contributed by atoms with Crippen molar-refractivity contribution >= 4 is 13.9 Å². The zero-order valence-electron chi connectivity index (χ0n) is 13.4. The maximum atomic E-state index is 2.81. The average Bonchev–Trinajstić information content (AvgIpc) is 3.18. The normalized spacial score (nSPS) is 23.5. The lowest BCUT2D eigenvalue weighted by Gasteiger charge is -2.37. The Labute approximate surface area is 135 Å². The van der Waals surface area contributed by atoms with Gasteiger partial charge >= 0.3 is 0 Å². The molecule has 2 aromatic rings. The van der Waals surface area contributed by atoms with Crippen molar-refractivity contribution in [2.24, 2.45) is 0 Å². The molecule has 4 rings (SSSR count). The largest absolute Gasteiger partial charge is 0.345 e. The van der Waals surface area contributed by atoms with E-state index in [-0.39, 0.29) is 5.41 Å². The van der Waals surface area contributed by atoms with Crippen molar-refractivity contribution in [3.8, 4) is 0 Å². The summed E-state index contributed by atoms with van der Waals surface area (Å²) >= 11 is 0. The number of hydrogen-bond donors (Lipinski definition) is 0. The highest BCUT2D eigenvalue weighted by molar-refractivity contribution is 7.11. The lowest BCUT2D eigenvalue weighted by molar-refractivity contribution is 0.339. The minimum absolute atomic E-state index is 0.180. The first-order chi connectivity index (χ1) is 10.9. The Morgan fingerprint density at radius 3 is 2.14 bits per heavy atom. The lowest BCUT2D eigenvalue weighted by Crippen LogP contribution is -2.42. The van der Waals surface area contributed by atoms with Crippen molar-refractivity contribution in [2.45, 2.75) is 37.4 Å². The summed E-state index contributed by atoms with van der Waals surface area (Å²) in [5.74, 6) is 0. The van der Waals surface area contributed by atoms with Crippen LogP contribution in [0.4, 0.5) is 0 Å². The van der Waals surface area contributed by atoms with E-state index < -0.39 is 0 Å². The van der Waals surface area contributed by atoms with E-state index in [4.69, 9.17) is 0 Å². The van der Waals surface area contributed by atoms with Crippen LogP contribution in [0.15, 0.2) is 60.7 Å². The van der Waals surface area contributed by atoms with Crippen LogP contribution in [-0.4, -0.2) is 31.3 Å². The summed E-state index contributed by atoms with van der Waals surface area (Å²) in [6.45, 7) is 4.37. The van der Waals surface area contributed by atoms with Gasteiger partial charge in [0, 0.05) is 11.5 Å². The molecule has 0 amide bonds. The number of hydrogen-bond acceptors (Lipinski definition) is 1. The van der Waals surface area contributed by atoms with E-state index in [1.165, 1.54) is 44.0 Å². The standard InChI is InChI=1S/C19H23B2N/c1-20-21-15-19(16-9-4-2-5-10-16,17-11-6-3-7-12-17)18-13-8-14-22(18)21/h2-7,9-12,18,20H,8,13-15H2,1H3/t18-/m1/s1. The van der Waals surface area contributed by atoms with Crippen molar-refractivity contribution in [1.29, 1.82) is 0 Å². The second-order valence-corrected chi connectivity index (χ2v) is 6.87. The monoisotopic (exact) mass is 287 g/mol. The molecule has 1 nitrogen and oxygen atoms in total. The quantitative estimate of drug-likeness (QED) is 0.782. The molecule has 1 atom stereocenters. The molecule has 0 unspecified atom stereocenters. The van der Waals surface area contributed by atoms with Crippen LogP contribution >= 0.6 is 0 Å². The van der Waals surface area contributed by atoms with E-state index in [0.29, 0.717) is 6.04 Å². The molecular weight excluding hydrogens is 264 g/mol. The zero-order valence-corrected chi connectivity index (χ0v) is 13.4. The Bertz CT molecular complexity index is 589. The smallest absolute Gasteiger partial charge is 0.184 e. The van der Waals surface area contributed by atoms with Crippen LogP contribution in [0.2, 0.25) is 13.1 Å². The Morgan fingerprint density at radius 2 is 1.59 bits per heavy atom. The van der Waals surface area contributed by atoms with Gasteiger partial charge in [-0.3, -0.25) is 0 Å². The molecule has 2 aliphatic heterocycles. The third kappa shape index (κ3) is 1.99. The summed E-state index contributed by atoms with van der Waals surface area (Å²) in [5.41, 5.74) is 3.20. The maximum Gasteiger partial charge on any atom is 0.184 e. The second kappa shape index (κ2) is 5.62. The average molecular weight is 287 g/mol. The first kappa shape index (κ1) is 14.1. The number of rotatable bonds is 3. The van der Waals surface area contributed by atoms with E-state index in [9.17, 15) is 0 Å². The summed E-state index contributed by atoms with van der Waals surface area (Å²) in [6.07, 6.45) is 3.95. The van der Waals surface area contributed by atoms with Gasteiger partial charge in [-0.25, -0.2) is 0 Å². The molecule has 0 bridgehead atoms. The Balaban J connectivity index is 1.90. The summed E-state index contributed by atoms with van der Waals surface area (Å²) in [6, 6.07) is 23.2. The van der Waals surface area contributed by atoms with Gasteiger partial charge in [0.2, 0.25) is 0 Å². The summed E-state index contributed by atoms with van der Waals surface area (Å²) in [7, 11) is 1.26. The van der Waals surface area contributed by atoms with Crippen LogP contribution in [0.3, 0.4) is 0 Å². The van der Waals surface area contributed by atoms with Crippen LogP contribution < -0.4 is 0 Å². The highest BCUT2D eigenvalue weighted by atomic mass is 15.2. The topological polar surface area (TPSA) is 3.24 Å². The van der Waals surface area contributed by atoms with Crippen molar-refractivity contribution in [2.75, 3.05) is 6.54 Å². The van der Waals surface area contributed by atoms with Crippen LogP contribution in [-0.2, 0) is 5.41 Å². The molecular formula is C19H23B2N. The fourth-order valence-electron chi connectivity index (χ4n) is 5.02. The Hall–Kier alpha value is -1.47. The minimum Gasteiger partial charge on any atom is -0.345 e. The van der Waals surface area contributed by atoms with Crippen LogP contribution in [0.5, 0.6) is 0 Å². The molecule has 2 aromatic carbocycles. The summed E-state index contributed by atoms with van der Waals surface area (Å²) in [4.78, 5) is 2.81.